The molecule has 0 unspecified atom stereocenters. The number of nitrogens with zero attached hydrogens (tertiary/aromatic N) is 3. The Bertz CT molecular complexity index is 586. The standard InChI is InChI=1S/C15H24BrN3O3S/c1-19(15-17-10-13(16)11-18-15)14-7-5-12(6-8-14)4-3-9-22-23(2,20)21/h10-12,14H,3-9H2,1-2H3. The maximum Gasteiger partial charge on any atom is 0.264 e. The summed E-state index contributed by atoms with van der Waals surface area (Å²) in [5.74, 6) is 1.42. The molecule has 130 valence electrons. The molecule has 8 heteroatoms. The molecule has 0 radical (unpaired) electrons. The van der Waals surface area contributed by atoms with E-state index in [1.54, 1.807) is 12.4 Å². The van der Waals surface area contributed by atoms with E-state index in [9.17, 15) is 8.42 Å². The Balaban J connectivity index is 1.72. The molecule has 1 heterocycles. The first kappa shape index (κ1) is 18.6. The van der Waals surface area contributed by atoms with Crippen molar-refractivity contribution in [3.8, 4) is 0 Å². The minimum Gasteiger partial charge on any atom is -0.341 e. The summed E-state index contributed by atoms with van der Waals surface area (Å²) < 4.78 is 27.5. The first-order valence-corrected chi connectivity index (χ1v) is 10.5. The molecule has 0 amide bonds. The number of hydrogen-bond acceptors (Lipinski definition) is 6. The number of halogens is 1. The van der Waals surface area contributed by atoms with Gasteiger partial charge in [0.15, 0.2) is 0 Å². The maximum absolute atomic E-state index is 10.9. The van der Waals surface area contributed by atoms with Crippen molar-refractivity contribution in [1.29, 1.82) is 0 Å². The van der Waals surface area contributed by atoms with Crippen LogP contribution in [-0.4, -0.2) is 44.3 Å². The molecule has 0 atom stereocenters. The maximum atomic E-state index is 10.9. The topological polar surface area (TPSA) is 72.4 Å². The van der Waals surface area contributed by atoms with Gasteiger partial charge in [0.05, 0.1) is 17.3 Å². The molecule has 2 rings (SSSR count). The lowest BCUT2D eigenvalue weighted by atomic mass is 9.83. The Morgan fingerprint density at radius 3 is 2.43 bits per heavy atom. The molecule has 1 aliphatic carbocycles. The largest absolute Gasteiger partial charge is 0.341 e. The van der Waals surface area contributed by atoms with Gasteiger partial charge < -0.3 is 4.90 Å². The molecule has 1 fully saturated rings. The van der Waals surface area contributed by atoms with Crippen molar-refractivity contribution in [3.05, 3.63) is 16.9 Å². The molecule has 23 heavy (non-hydrogen) atoms. The molecule has 0 bridgehead atoms. The van der Waals surface area contributed by atoms with Crippen LogP contribution in [0.25, 0.3) is 0 Å². The third-order valence-electron chi connectivity index (χ3n) is 4.34. The Morgan fingerprint density at radius 1 is 1.26 bits per heavy atom. The summed E-state index contributed by atoms with van der Waals surface area (Å²) in [5.41, 5.74) is 0. The van der Waals surface area contributed by atoms with Gasteiger partial charge in [-0.2, -0.15) is 8.42 Å². The SMILES string of the molecule is CN(c1ncc(Br)cn1)C1CCC(CCCOS(C)(=O)=O)CC1. The first-order chi connectivity index (χ1) is 10.8. The average molecular weight is 406 g/mol. The fourth-order valence-corrected chi connectivity index (χ4v) is 3.68. The Labute approximate surface area is 146 Å². The number of anilines is 1. The summed E-state index contributed by atoms with van der Waals surface area (Å²) in [5, 5.41) is 0. The van der Waals surface area contributed by atoms with E-state index in [4.69, 9.17) is 4.18 Å². The van der Waals surface area contributed by atoms with Crippen LogP contribution in [-0.2, 0) is 14.3 Å². The van der Waals surface area contributed by atoms with E-state index in [2.05, 4.69) is 30.8 Å². The van der Waals surface area contributed by atoms with Crippen molar-refractivity contribution in [2.24, 2.45) is 5.92 Å². The van der Waals surface area contributed by atoms with Crippen LogP contribution in [0.2, 0.25) is 0 Å². The van der Waals surface area contributed by atoms with Gasteiger partial charge in [-0.15, -0.1) is 0 Å². The predicted molar refractivity (Wildman–Crippen MR) is 93.9 cm³/mol. The van der Waals surface area contributed by atoms with Crippen molar-refractivity contribution in [2.45, 2.75) is 44.6 Å². The van der Waals surface area contributed by atoms with Gasteiger partial charge in [0.25, 0.3) is 10.1 Å². The molecule has 1 saturated carbocycles. The summed E-state index contributed by atoms with van der Waals surface area (Å²) in [6.45, 7) is 0.297. The van der Waals surface area contributed by atoms with Gasteiger partial charge in [-0.05, 0) is 60.4 Å². The second-order valence-electron chi connectivity index (χ2n) is 6.16. The van der Waals surface area contributed by atoms with Gasteiger partial charge in [0.1, 0.15) is 0 Å². The fraction of sp³-hybridized carbons (Fsp3) is 0.733. The first-order valence-electron chi connectivity index (χ1n) is 7.90. The van der Waals surface area contributed by atoms with E-state index in [0.29, 0.717) is 18.6 Å². The highest BCUT2D eigenvalue weighted by Crippen LogP contribution is 2.31. The third-order valence-corrected chi connectivity index (χ3v) is 5.34. The molecule has 0 spiro atoms. The van der Waals surface area contributed by atoms with Crippen LogP contribution in [0.5, 0.6) is 0 Å². The van der Waals surface area contributed by atoms with Gasteiger partial charge in [-0.3, -0.25) is 4.18 Å². The quantitative estimate of drug-likeness (QED) is 0.512. The van der Waals surface area contributed by atoms with Crippen molar-refractivity contribution < 1.29 is 12.6 Å². The van der Waals surface area contributed by atoms with Crippen molar-refractivity contribution in [1.82, 2.24) is 9.97 Å². The van der Waals surface area contributed by atoms with Crippen molar-refractivity contribution in [3.63, 3.8) is 0 Å². The van der Waals surface area contributed by atoms with Gasteiger partial charge >= 0.3 is 0 Å². The van der Waals surface area contributed by atoms with Crippen molar-refractivity contribution >= 4 is 32.0 Å². The average Bonchev–Trinajstić information content (AvgIpc) is 2.51. The van der Waals surface area contributed by atoms with Crippen LogP contribution in [0.4, 0.5) is 5.95 Å². The minimum absolute atomic E-state index is 0.297. The van der Waals surface area contributed by atoms with E-state index < -0.39 is 10.1 Å². The van der Waals surface area contributed by atoms with Crippen LogP contribution >= 0.6 is 15.9 Å². The predicted octanol–water partition coefficient (Wildman–Crippen LogP) is 2.99. The van der Waals surface area contributed by atoms with E-state index in [0.717, 1.165) is 55.2 Å². The molecule has 6 nitrogen and oxygen atoms in total. The monoisotopic (exact) mass is 405 g/mol. The van der Waals surface area contributed by atoms with Gasteiger partial charge in [-0.1, -0.05) is 0 Å². The molecule has 1 aromatic heterocycles. The molecule has 0 aromatic carbocycles. The molecular formula is C15H24BrN3O3S. The Morgan fingerprint density at radius 2 is 1.87 bits per heavy atom. The Hall–Kier alpha value is -0.730. The number of rotatable bonds is 7. The van der Waals surface area contributed by atoms with Crippen LogP contribution < -0.4 is 4.90 Å². The molecule has 1 aromatic rings. The third kappa shape index (κ3) is 6.35. The Kier molecular flexibility index (Phi) is 6.79. The smallest absolute Gasteiger partial charge is 0.264 e. The highest BCUT2D eigenvalue weighted by Gasteiger charge is 2.25. The van der Waals surface area contributed by atoms with E-state index in [-0.39, 0.29) is 0 Å². The van der Waals surface area contributed by atoms with Crippen LogP contribution in [0.3, 0.4) is 0 Å². The summed E-state index contributed by atoms with van der Waals surface area (Å²) in [7, 11) is -1.25. The van der Waals surface area contributed by atoms with Gasteiger partial charge in [0.2, 0.25) is 5.95 Å². The zero-order chi connectivity index (χ0) is 16.9. The zero-order valence-electron chi connectivity index (χ0n) is 13.6. The van der Waals surface area contributed by atoms with Crippen molar-refractivity contribution in [2.75, 3.05) is 24.8 Å². The highest BCUT2D eigenvalue weighted by atomic mass is 79.9. The lowest BCUT2D eigenvalue weighted by molar-refractivity contribution is 0.262. The second-order valence-corrected chi connectivity index (χ2v) is 8.71. The molecule has 0 N–H and O–H groups in total. The number of aromatic nitrogens is 2. The van der Waals surface area contributed by atoms with Crippen LogP contribution in [0.1, 0.15) is 38.5 Å². The van der Waals surface area contributed by atoms with Gasteiger partial charge in [-0.25, -0.2) is 9.97 Å². The van der Waals surface area contributed by atoms with E-state index in [1.807, 2.05) is 7.05 Å². The van der Waals surface area contributed by atoms with Gasteiger partial charge in [0, 0.05) is 25.5 Å². The molecule has 0 saturated heterocycles. The summed E-state index contributed by atoms with van der Waals surface area (Å²) >= 11 is 3.35. The molecule has 1 aliphatic rings. The summed E-state index contributed by atoms with van der Waals surface area (Å²) in [4.78, 5) is 10.9. The normalized spacial score (nSPS) is 22.0. The second kappa shape index (κ2) is 8.39. The number of hydrogen-bond donors (Lipinski definition) is 0. The molecule has 0 aliphatic heterocycles. The lowest BCUT2D eigenvalue weighted by Gasteiger charge is -2.34. The zero-order valence-corrected chi connectivity index (χ0v) is 16.0. The lowest BCUT2D eigenvalue weighted by Crippen LogP contribution is -2.36. The molecular weight excluding hydrogens is 382 g/mol. The minimum atomic E-state index is -3.30. The fourth-order valence-electron chi connectivity index (χ4n) is 3.05. The van der Waals surface area contributed by atoms with Crippen LogP contribution in [0.15, 0.2) is 16.9 Å². The van der Waals surface area contributed by atoms with Crippen LogP contribution in [0, 0.1) is 5.92 Å². The highest BCUT2D eigenvalue weighted by molar-refractivity contribution is 9.10. The summed E-state index contributed by atoms with van der Waals surface area (Å²) in [6, 6.07) is 0.472. The van der Waals surface area contributed by atoms with E-state index in [1.165, 1.54) is 0 Å². The summed E-state index contributed by atoms with van der Waals surface area (Å²) in [6.07, 6.45) is 11.0. The van der Waals surface area contributed by atoms with E-state index >= 15 is 0 Å².